The predicted molar refractivity (Wildman–Crippen MR) is 118 cm³/mol. The van der Waals surface area contributed by atoms with Crippen LogP contribution in [0.5, 0.6) is 0 Å². The Labute approximate surface area is 186 Å². The van der Waals surface area contributed by atoms with Gasteiger partial charge in [-0.15, -0.1) is 0 Å². The summed E-state index contributed by atoms with van der Waals surface area (Å²) in [5.74, 6) is 0.510. The molecule has 1 aromatic rings. The molecule has 0 saturated heterocycles. The van der Waals surface area contributed by atoms with Gasteiger partial charge in [0.2, 0.25) is 11.9 Å². The molecule has 4 atom stereocenters. The summed E-state index contributed by atoms with van der Waals surface area (Å²) in [4.78, 5) is 17.5. The lowest BCUT2D eigenvalue weighted by molar-refractivity contribution is -0.138. The summed E-state index contributed by atoms with van der Waals surface area (Å²) in [7, 11) is 0. The standard InChI is InChI=1S/C25H26FN5O/c26-24-19(9-10-22(29-24)28-16-7-8-16)23-17-3-1-2-4-18(17)25(32)31(30-23)13-15-6-5-14(12-27)20-11-21(15)20/h5-6,9-10,16-18,20-21H,1-4,7-8,11,13H2,(H,28,29)/t17-,18?,20?,21?/m0/s1. The van der Waals surface area contributed by atoms with Crippen LogP contribution in [0.25, 0.3) is 0 Å². The third kappa shape index (κ3) is 3.42. The van der Waals surface area contributed by atoms with Crippen molar-refractivity contribution in [3.8, 4) is 6.07 Å². The third-order valence-corrected chi connectivity index (χ3v) is 7.58. The average molecular weight is 432 g/mol. The lowest BCUT2D eigenvalue weighted by Crippen LogP contribution is -2.47. The van der Waals surface area contributed by atoms with E-state index in [1.165, 1.54) is 0 Å². The molecule has 3 fully saturated rings. The van der Waals surface area contributed by atoms with Gasteiger partial charge in [-0.1, -0.05) is 18.9 Å². The Morgan fingerprint density at radius 3 is 2.66 bits per heavy atom. The number of hydrogen-bond donors (Lipinski definition) is 1. The lowest BCUT2D eigenvalue weighted by Gasteiger charge is -2.39. The molecule has 7 heteroatoms. The summed E-state index contributed by atoms with van der Waals surface area (Å²) in [6.07, 6.45) is 10.7. The zero-order chi connectivity index (χ0) is 21.8. The Kier molecular flexibility index (Phi) is 4.63. The second-order valence-corrected chi connectivity index (χ2v) is 9.76. The molecule has 5 aliphatic rings. The van der Waals surface area contributed by atoms with Gasteiger partial charge in [0, 0.05) is 29.4 Å². The number of allylic oxidation sites excluding steroid dienone is 3. The Balaban J connectivity index is 1.32. The number of carbonyl (C=O) groups excluding carboxylic acids is 1. The SMILES string of the molecule is N#CC1=CC=C(CN2N=C(c3ccc(NC4CC4)nc3F)[C@H]3CCCCC3C2=O)C2CC12. The number of nitrogens with one attached hydrogen (secondary N) is 1. The van der Waals surface area contributed by atoms with E-state index in [4.69, 9.17) is 5.10 Å². The predicted octanol–water partition coefficient (Wildman–Crippen LogP) is 4.17. The first kappa shape index (κ1) is 19.7. The molecule has 164 valence electrons. The Morgan fingerprint density at radius 2 is 1.91 bits per heavy atom. The normalized spacial score (nSPS) is 30.9. The van der Waals surface area contributed by atoms with Crippen molar-refractivity contribution in [3.05, 3.63) is 46.9 Å². The van der Waals surface area contributed by atoms with Crippen LogP contribution in [0, 0.1) is 41.0 Å². The van der Waals surface area contributed by atoms with Crippen molar-refractivity contribution >= 4 is 17.4 Å². The van der Waals surface area contributed by atoms with Crippen LogP contribution in [-0.2, 0) is 4.79 Å². The van der Waals surface area contributed by atoms with Crippen LogP contribution >= 0.6 is 0 Å². The monoisotopic (exact) mass is 431 g/mol. The molecule has 0 bridgehead atoms. The molecule has 0 spiro atoms. The van der Waals surface area contributed by atoms with Gasteiger partial charge < -0.3 is 5.32 Å². The number of anilines is 1. The molecule has 1 aromatic heterocycles. The molecule has 0 aromatic carbocycles. The van der Waals surface area contributed by atoms with E-state index >= 15 is 4.39 Å². The van der Waals surface area contributed by atoms with Crippen LogP contribution in [0.15, 0.2) is 40.5 Å². The van der Waals surface area contributed by atoms with E-state index in [-0.39, 0.29) is 17.7 Å². The van der Waals surface area contributed by atoms with Crippen LogP contribution in [0.3, 0.4) is 0 Å². The number of pyridine rings is 1. The maximum Gasteiger partial charge on any atom is 0.246 e. The van der Waals surface area contributed by atoms with Gasteiger partial charge >= 0.3 is 0 Å². The van der Waals surface area contributed by atoms with Crippen molar-refractivity contribution in [1.29, 1.82) is 5.26 Å². The first-order chi connectivity index (χ1) is 15.6. The molecule has 32 heavy (non-hydrogen) atoms. The minimum atomic E-state index is -0.520. The summed E-state index contributed by atoms with van der Waals surface area (Å²) in [5.41, 5.74) is 3.04. The highest BCUT2D eigenvalue weighted by molar-refractivity contribution is 6.06. The number of carbonyl (C=O) groups is 1. The topological polar surface area (TPSA) is 81.4 Å². The Morgan fingerprint density at radius 1 is 1.09 bits per heavy atom. The fraction of sp³-hybridized carbons (Fsp3) is 0.520. The molecule has 1 aliphatic heterocycles. The third-order valence-electron chi connectivity index (χ3n) is 7.58. The largest absolute Gasteiger partial charge is 0.367 e. The van der Waals surface area contributed by atoms with Gasteiger partial charge in [-0.25, -0.2) is 9.99 Å². The molecular weight excluding hydrogens is 405 g/mol. The van der Waals surface area contributed by atoms with Gasteiger partial charge in [-0.3, -0.25) is 4.79 Å². The first-order valence-corrected chi connectivity index (χ1v) is 11.8. The van der Waals surface area contributed by atoms with Crippen molar-refractivity contribution in [2.45, 2.75) is 51.0 Å². The maximum atomic E-state index is 15.1. The maximum absolute atomic E-state index is 15.1. The number of nitriles is 1. The zero-order valence-electron chi connectivity index (χ0n) is 17.9. The molecule has 4 aliphatic carbocycles. The number of fused-ring (bicyclic) bond motifs is 2. The highest BCUT2D eigenvalue weighted by atomic mass is 19.1. The molecule has 0 radical (unpaired) electrons. The number of amides is 1. The Bertz CT molecular complexity index is 1110. The van der Waals surface area contributed by atoms with Crippen LogP contribution in [0.1, 0.15) is 50.5 Å². The van der Waals surface area contributed by atoms with E-state index in [0.29, 0.717) is 41.5 Å². The van der Waals surface area contributed by atoms with E-state index in [0.717, 1.165) is 56.1 Å². The first-order valence-electron chi connectivity index (χ1n) is 11.8. The van der Waals surface area contributed by atoms with Crippen LogP contribution in [0.4, 0.5) is 10.2 Å². The van der Waals surface area contributed by atoms with Gasteiger partial charge in [0.1, 0.15) is 5.82 Å². The highest BCUT2D eigenvalue weighted by Gasteiger charge is 2.47. The van der Waals surface area contributed by atoms with Crippen LogP contribution in [0.2, 0.25) is 0 Å². The number of nitrogens with zero attached hydrogens (tertiary/aromatic N) is 4. The molecule has 3 unspecified atom stereocenters. The molecule has 2 heterocycles. The number of rotatable bonds is 5. The molecular formula is C25H26FN5O. The molecule has 1 amide bonds. The summed E-state index contributed by atoms with van der Waals surface area (Å²) >= 11 is 0. The molecule has 6 rings (SSSR count). The average Bonchev–Trinajstić information content (AvgIpc) is 3.72. The fourth-order valence-corrected chi connectivity index (χ4v) is 5.56. The van der Waals surface area contributed by atoms with Gasteiger partial charge in [-0.2, -0.15) is 14.8 Å². The number of hydrogen-bond acceptors (Lipinski definition) is 5. The molecule has 6 nitrogen and oxygen atoms in total. The summed E-state index contributed by atoms with van der Waals surface area (Å²) in [5, 5.41) is 18.8. The number of halogens is 1. The van der Waals surface area contributed by atoms with Gasteiger partial charge in [0.15, 0.2) is 0 Å². The van der Waals surface area contributed by atoms with Crippen molar-refractivity contribution in [2.75, 3.05) is 11.9 Å². The van der Waals surface area contributed by atoms with Crippen molar-refractivity contribution in [3.63, 3.8) is 0 Å². The summed E-state index contributed by atoms with van der Waals surface area (Å²) in [6, 6.07) is 6.27. The highest BCUT2D eigenvalue weighted by Crippen LogP contribution is 2.51. The van der Waals surface area contributed by atoms with Crippen LogP contribution < -0.4 is 5.32 Å². The fourth-order valence-electron chi connectivity index (χ4n) is 5.56. The molecule has 3 saturated carbocycles. The smallest absolute Gasteiger partial charge is 0.246 e. The van der Waals surface area contributed by atoms with Crippen molar-refractivity contribution in [2.24, 2.45) is 28.8 Å². The van der Waals surface area contributed by atoms with E-state index < -0.39 is 5.95 Å². The number of hydrazone groups is 1. The van der Waals surface area contributed by atoms with Gasteiger partial charge in [-0.05, 0) is 61.8 Å². The van der Waals surface area contributed by atoms with E-state index in [2.05, 4.69) is 16.4 Å². The Hall–Kier alpha value is -3.01. The summed E-state index contributed by atoms with van der Waals surface area (Å²) in [6.45, 7) is 0.415. The second kappa shape index (κ2) is 7.54. The minimum absolute atomic E-state index is 0.0481. The van der Waals surface area contributed by atoms with Gasteiger partial charge in [0.05, 0.1) is 23.9 Å². The van der Waals surface area contributed by atoms with E-state index in [1.807, 2.05) is 18.2 Å². The quantitative estimate of drug-likeness (QED) is 0.710. The van der Waals surface area contributed by atoms with Crippen molar-refractivity contribution < 1.29 is 9.18 Å². The lowest BCUT2D eigenvalue weighted by atomic mass is 9.73. The molecule has 1 N–H and O–H groups in total. The van der Waals surface area contributed by atoms with Gasteiger partial charge in [0.25, 0.3) is 0 Å². The minimum Gasteiger partial charge on any atom is -0.367 e. The zero-order valence-corrected chi connectivity index (χ0v) is 17.9. The van der Waals surface area contributed by atoms with Crippen molar-refractivity contribution in [1.82, 2.24) is 9.99 Å². The number of aromatic nitrogens is 1. The summed E-state index contributed by atoms with van der Waals surface area (Å²) < 4.78 is 15.1. The second-order valence-electron chi connectivity index (χ2n) is 9.76. The van der Waals surface area contributed by atoms with E-state index in [1.54, 1.807) is 11.1 Å². The van der Waals surface area contributed by atoms with E-state index in [9.17, 15) is 10.1 Å². The van der Waals surface area contributed by atoms with Crippen LogP contribution in [-0.4, -0.2) is 34.2 Å².